The Morgan fingerprint density at radius 1 is 1.30 bits per heavy atom. The molecule has 1 unspecified atom stereocenters. The Morgan fingerprint density at radius 3 is 2.80 bits per heavy atom. The lowest BCUT2D eigenvalue weighted by molar-refractivity contribution is 0.409. The van der Waals surface area contributed by atoms with E-state index in [4.69, 9.17) is 0 Å². The van der Waals surface area contributed by atoms with E-state index in [1.54, 1.807) is 0 Å². The van der Waals surface area contributed by atoms with Gasteiger partial charge in [0.05, 0.1) is 0 Å². The van der Waals surface area contributed by atoms with Gasteiger partial charge in [0, 0.05) is 12.6 Å². The Balaban J connectivity index is 2.28. The molecule has 1 heterocycles. The van der Waals surface area contributed by atoms with Crippen LogP contribution in [0.4, 0.5) is 0 Å². The molecule has 0 aromatic rings. The summed E-state index contributed by atoms with van der Waals surface area (Å²) < 4.78 is 0. The van der Waals surface area contributed by atoms with E-state index in [-0.39, 0.29) is 0 Å². The maximum Gasteiger partial charge on any atom is 0.0215 e. The molecular formula is C8H18N2. The average molecular weight is 142 g/mol. The maximum atomic E-state index is 3.52. The van der Waals surface area contributed by atoms with Crippen molar-refractivity contribution in [1.82, 2.24) is 10.6 Å². The number of rotatable bonds is 1. The zero-order valence-electron chi connectivity index (χ0n) is 6.98. The molecule has 2 heteroatoms. The van der Waals surface area contributed by atoms with E-state index in [0.717, 1.165) is 12.5 Å². The minimum atomic E-state index is 0.683. The second-order valence-electron chi connectivity index (χ2n) is 3.36. The molecule has 0 bridgehead atoms. The van der Waals surface area contributed by atoms with Crippen LogP contribution in [-0.2, 0) is 0 Å². The second-order valence-corrected chi connectivity index (χ2v) is 3.36. The van der Waals surface area contributed by atoms with Gasteiger partial charge in [0.15, 0.2) is 0 Å². The van der Waals surface area contributed by atoms with Gasteiger partial charge in [-0.2, -0.15) is 0 Å². The van der Waals surface area contributed by atoms with Crippen LogP contribution in [0, 0.1) is 5.92 Å². The summed E-state index contributed by atoms with van der Waals surface area (Å²) >= 11 is 0. The van der Waals surface area contributed by atoms with E-state index >= 15 is 0 Å². The zero-order valence-corrected chi connectivity index (χ0v) is 6.98. The number of hydrogen-bond acceptors (Lipinski definition) is 2. The summed E-state index contributed by atoms with van der Waals surface area (Å²) in [5.41, 5.74) is 0. The van der Waals surface area contributed by atoms with Gasteiger partial charge in [-0.25, -0.2) is 0 Å². The molecule has 1 aliphatic heterocycles. The Labute approximate surface area is 63.4 Å². The Morgan fingerprint density at radius 2 is 2.10 bits per heavy atom. The van der Waals surface area contributed by atoms with Gasteiger partial charge < -0.3 is 10.6 Å². The fourth-order valence-corrected chi connectivity index (χ4v) is 1.30. The van der Waals surface area contributed by atoms with Crippen molar-refractivity contribution in [2.75, 3.05) is 19.6 Å². The number of hydrogen-bond donors (Lipinski definition) is 2. The van der Waals surface area contributed by atoms with Crippen molar-refractivity contribution in [2.24, 2.45) is 5.92 Å². The molecule has 1 fully saturated rings. The van der Waals surface area contributed by atoms with Crippen LogP contribution in [0.3, 0.4) is 0 Å². The van der Waals surface area contributed by atoms with Crippen LogP contribution >= 0.6 is 0 Å². The molecule has 1 saturated heterocycles. The van der Waals surface area contributed by atoms with Crippen LogP contribution in [0.1, 0.15) is 20.3 Å². The number of nitrogens with one attached hydrogen (secondary N) is 2. The van der Waals surface area contributed by atoms with E-state index in [2.05, 4.69) is 24.5 Å². The monoisotopic (exact) mass is 142 g/mol. The SMILES string of the molecule is CC(C)C1CNCCCN1. The molecule has 60 valence electrons. The molecule has 0 radical (unpaired) electrons. The van der Waals surface area contributed by atoms with E-state index in [0.29, 0.717) is 6.04 Å². The molecule has 0 aromatic heterocycles. The third-order valence-electron chi connectivity index (χ3n) is 2.11. The highest BCUT2D eigenvalue weighted by Crippen LogP contribution is 2.01. The summed E-state index contributed by atoms with van der Waals surface area (Å²) in [5.74, 6) is 0.755. The minimum Gasteiger partial charge on any atom is -0.315 e. The van der Waals surface area contributed by atoms with Gasteiger partial charge in [-0.1, -0.05) is 13.8 Å². The highest BCUT2D eigenvalue weighted by Gasteiger charge is 2.13. The summed E-state index contributed by atoms with van der Waals surface area (Å²) in [4.78, 5) is 0. The van der Waals surface area contributed by atoms with Crippen molar-refractivity contribution in [3.8, 4) is 0 Å². The van der Waals surface area contributed by atoms with Gasteiger partial charge in [0.2, 0.25) is 0 Å². The molecule has 1 atom stereocenters. The Kier molecular flexibility index (Phi) is 3.16. The fraction of sp³-hybridized carbons (Fsp3) is 1.00. The largest absolute Gasteiger partial charge is 0.315 e. The lowest BCUT2D eigenvalue weighted by Gasteiger charge is -2.19. The average Bonchev–Trinajstić information content (AvgIpc) is 2.12. The van der Waals surface area contributed by atoms with Crippen molar-refractivity contribution < 1.29 is 0 Å². The van der Waals surface area contributed by atoms with Crippen molar-refractivity contribution in [2.45, 2.75) is 26.3 Å². The first-order chi connectivity index (χ1) is 4.80. The molecule has 0 aromatic carbocycles. The van der Waals surface area contributed by atoms with Gasteiger partial charge in [-0.05, 0) is 25.4 Å². The minimum absolute atomic E-state index is 0.683. The molecular weight excluding hydrogens is 124 g/mol. The molecule has 1 aliphatic rings. The van der Waals surface area contributed by atoms with E-state index in [9.17, 15) is 0 Å². The van der Waals surface area contributed by atoms with E-state index in [1.165, 1.54) is 19.5 Å². The highest BCUT2D eigenvalue weighted by molar-refractivity contribution is 4.75. The van der Waals surface area contributed by atoms with E-state index < -0.39 is 0 Å². The quantitative estimate of drug-likeness (QED) is 0.560. The fourth-order valence-electron chi connectivity index (χ4n) is 1.30. The Hall–Kier alpha value is -0.0800. The lowest BCUT2D eigenvalue weighted by Crippen LogP contribution is -2.39. The first-order valence-electron chi connectivity index (χ1n) is 4.25. The summed E-state index contributed by atoms with van der Waals surface area (Å²) in [6, 6.07) is 0.683. The summed E-state index contributed by atoms with van der Waals surface area (Å²) in [5, 5.41) is 6.93. The van der Waals surface area contributed by atoms with Crippen molar-refractivity contribution in [3.63, 3.8) is 0 Å². The molecule has 0 saturated carbocycles. The summed E-state index contributed by atoms with van der Waals surface area (Å²) in [6.45, 7) is 8.03. The highest BCUT2D eigenvalue weighted by atomic mass is 15.0. The third-order valence-corrected chi connectivity index (χ3v) is 2.11. The van der Waals surface area contributed by atoms with Gasteiger partial charge in [0.25, 0.3) is 0 Å². The zero-order chi connectivity index (χ0) is 7.40. The smallest absolute Gasteiger partial charge is 0.0215 e. The predicted octanol–water partition coefficient (Wildman–Crippen LogP) is 0.594. The topological polar surface area (TPSA) is 24.1 Å². The molecule has 0 spiro atoms. The molecule has 1 rings (SSSR count). The van der Waals surface area contributed by atoms with Crippen LogP contribution in [0.2, 0.25) is 0 Å². The maximum absolute atomic E-state index is 3.52. The molecule has 10 heavy (non-hydrogen) atoms. The van der Waals surface area contributed by atoms with Crippen LogP contribution in [0.15, 0.2) is 0 Å². The van der Waals surface area contributed by atoms with Gasteiger partial charge in [-0.3, -0.25) is 0 Å². The van der Waals surface area contributed by atoms with Gasteiger partial charge in [0.1, 0.15) is 0 Å². The first-order valence-corrected chi connectivity index (χ1v) is 4.25. The van der Waals surface area contributed by atoms with Crippen LogP contribution in [0.5, 0.6) is 0 Å². The standard InChI is InChI=1S/C8H18N2/c1-7(2)8-6-9-4-3-5-10-8/h7-10H,3-6H2,1-2H3. The molecule has 2 N–H and O–H groups in total. The van der Waals surface area contributed by atoms with Gasteiger partial charge in [-0.15, -0.1) is 0 Å². The third kappa shape index (κ3) is 2.27. The van der Waals surface area contributed by atoms with Gasteiger partial charge >= 0.3 is 0 Å². The van der Waals surface area contributed by atoms with Crippen LogP contribution in [0.25, 0.3) is 0 Å². The van der Waals surface area contributed by atoms with Crippen LogP contribution < -0.4 is 10.6 Å². The normalized spacial score (nSPS) is 28.5. The lowest BCUT2D eigenvalue weighted by atomic mass is 10.1. The summed E-state index contributed by atoms with van der Waals surface area (Å²) in [6.07, 6.45) is 1.27. The van der Waals surface area contributed by atoms with Crippen molar-refractivity contribution in [1.29, 1.82) is 0 Å². The first kappa shape index (κ1) is 8.02. The van der Waals surface area contributed by atoms with Crippen molar-refractivity contribution in [3.05, 3.63) is 0 Å². The van der Waals surface area contributed by atoms with Crippen molar-refractivity contribution >= 4 is 0 Å². The Bertz CT molecular complexity index is 83.3. The molecule has 2 nitrogen and oxygen atoms in total. The van der Waals surface area contributed by atoms with Crippen LogP contribution in [-0.4, -0.2) is 25.7 Å². The predicted molar refractivity (Wildman–Crippen MR) is 44.1 cm³/mol. The molecule has 0 aliphatic carbocycles. The molecule has 0 amide bonds. The second kappa shape index (κ2) is 3.94. The van der Waals surface area contributed by atoms with E-state index in [1.807, 2.05) is 0 Å². The summed E-state index contributed by atoms with van der Waals surface area (Å²) in [7, 11) is 0.